The Kier molecular flexibility index (Phi) is 3.50. The van der Waals surface area contributed by atoms with Crippen LogP contribution in [0.3, 0.4) is 0 Å². The van der Waals surface area contributed by atoms with Gasteiger partial charge in [0, 0.05) is 19.4 Å². The first-order valence-corrected chi connectivity index (χ1v) is 5.93. The molecular formula is C13H17N3O2. The van der Waals surface area contributed by atoms with Crippen molar-refractivity contribution in [3.05, 3.63) is 41.5 Å². The Bertz CT molecular complexity index is 554. The van der Waals surface area contributed by atoms with Crippen molar-refractivity contribution in [3.63, 3.8) is 0 Å². The van der Waals surface area contributed by atoms with E-state index in [1.807, 2.05) is 43.1 Å². The molecule has 0 aromatic carbocycles. The summed E-state index contributed by atoms with van der Waals surface area (Å²) in [7, 11) is 1.87. The van der Waals surface area contributed by atoms with Crippen molar-refractivity contribution in [2.24, 2.45) is 7.05 Å². The van der Waals surface area contributed by atoms with Gasteiger partial charge in [0.25, 0.3) is 0 Å². The van der Waals surface area contributed by atoms with Crippen LogP contribution in [-0.4, -0.2) is 26.9 Å². The van der Waals surface area contributed by atoms with Crippen molar-refractivity contribution in [2.75, 3.05) is 6.61 Å². The molecule has 0 saturated carbocycles. The van der Waals surface area contributed by atoms with Gasteiger partial charge >= 0.3 is 5.97 Å². The first-order valence-electron chi connectivity index (χ1n) is 5.93. The minimum atomic E-state index is -0.282. The maximum Gasteiger partial charge on any atom is 0.355 e. The lowest BCUT2D eigenvalue weighted by Crippen LogP contribution is -2.14. The van der Waals surface area contributed by atoms with Gasteiger partial charge in [-0.25, -0.2) is 4.79 Å². The van der Waals surface area contributed by atoms with Gasteiger partial charge in [0.15, 0.2) is 0 Å². The van der Waals surface area contributed by atoms with Gasteiger partial charge < -0.3 is 9.30 Å². The number of aryl methyl sites for hydroxylation is 2. The molecule has 2 aromatic heterocycles. The fourth-order valence-corrected chi connectivity index (χ4v) is 1.91. The van der Waals surface area contributed by atoms with Gasteiger partial charge in [-0.3, -0.25) is 4.68 Å². The second-order valence-corrected chi connectivity index (χ2v) is 4.18. The quantitative estimate of drug-likeness (QED) is 0.773. The first-order chi connectivity index (χ1) is 8.61. The SMILES string of the molecule is CCOC(=O)c1c(C)ccn1Cc1ccn(C)n1. The van der Waals surface area contributed by atoms with E-state index in [-0.39, 0.29) is 5.97 Å². The molecule has 0 fully saturated rings. The van der Waals surface area contributed by atoms with Crippen LogP contribution < -0.4 is 0 Å². The Labute approximate surface area is 106 Å². The third-order valence-electron chi connectivity index (χ3n) is 2.74. The standard InChI is InChI=1S/C13H17N3O2/c1-4-18-13(17)12-10(2)5-8-16(12)9-11-6-7-15(3)14-11/h5-8H,4,9H2,1-3H3. The minimum absolute atomic E-state index is 0.282. The van der Waals surface area contributed by atoms with Gasteiger partial charge in [-0.15, -0.1) is 0 Å². The largest absolute Gasteiger partial charge is 0.461 e. The summed E-state index contributed by atoms with van der Waals surface area (Å²) in [6.07, 6.45) is 3.77. The van der Waals surface area contributed by atoms with E-state index >= 15 is 0 Å². The maximum atomic E-state index is 11.9. The fraction of sp³-hybridized carbons (Fsp3) is 0.385. The number of aromatic nitrogens is 3. The van der Waals surface area contributed by atoms with Crippen LogP contribution in [0.1, 0.15) is 28.7 Å². The molecule has 0 radical (unpaired) electrons. The first kappa shape index (κ1) is 12.4. The molecule has 0 N–H and O–H groups in total. The van der Waals surface area contributed by atoms with Crippen LogP contribution in [0.25, 0.3) is 0 Å². The molecule has 18 heavy (non-hydrogen) atoms. The van der Waals surface area contributed by atoms with E-state index in [1.54, 1.807) is 11.6 Å². The highest BCUT2D eigenvalue weighted by atomic mass is 16.5. The van der Waals surface area contributed by atoms with Crippen molar-refractivity contribution < 1.29 is 9.53 Å². The molecular weight excluding hydrogens is 230 g/mol. The topological polar surface area (TPSA) is 49.0 Å². The van der Waals surface area contributed by atoms with Crippen molar-refractivity contribution in [2.45, 2.75) is 20.4 Å². The maximum absolute atomic E-state index is 11.9. The summed E-state index contributed by atoms with van der Waals surface area (Å²) in [5, 5.41) is 4.31. The number of carbonyl (C=O) groups is 1. The third-order valence-corrected chi connectivity index (χ3v) is 2.74. The number of nitrogens with zero attached hydrogens (tertiary/aromatic N) is 3. The van der Waals surface area contributed by atoms with Crippen LogP contribution >= 0.6 is 0 Å². The summed E-state index contributed by atoms with van der Waals surface area (Å²) < 4.78 is 8.68. The molecule has 0 atom stereocenters. The van der Waals surface area contributed by atoms with E-state index < -0.39 is 0 Å². The van der Waals surface area contributed by atoms with E-state index in [1.165, 1.54) is 0 Å². The number of carbonyl (C=O) groups excluding carboxylic acids is 1. The summed E-state index contributed by atoms with van der Waals surface area (Å²) in [5.41, 5.74) is 2.44. The highest BCUT2D eigenvalue weighted by Gasteiger charge is 2.16. The number of hydrogen-bond donors (Lipinski definition) is 0. The Morgan fingerprint density at radius 3 is 2.78 bits per heavy atom. The van der Waals surface area contributed by atoms with E-state index in [0.717, 1.165) is 11.3 Å². The molecule has 0 unspecified atom stereocenters. The molecule has 5 heteroatoms. The average Bonchev–Trinajstić information content (AvgIpc) is 2.87. The van der Waals surface area contributed by atoms with E-state index in [0.29, 0.717) is 18.8 Å². The Balaban J connectivity index is 2.26. The van der Waals surface area contributed by atoms with Crippen molar-refractivity contribution >= 4 is 5.97 Å². The van der Waals surface area contributed by atoms with Gasteiger partial charge in [0.05, 0.1) is 18.8 Å². The van der Waals surface area contributed by atoms with Crippen LogP contribution in [0.5, 0.6) is 0 Å². The average molecular weight is 247 g/mol. The molecule has 0 spiro atoms. The van der Waals surface area contributed by atoms with Gasteiger partial charge in [0.1, 0.15) is 5.69 Å². The molecule has 0 bridgehead atoms. The second kappa shape index (κ2) is 5.08. The summed E-state index contributed by atoms with van der Waals surface area (Å²) in [6, 6.07) is 3.85. The molecule has 0 aliphatic carbocycles. The third kappa shape index (κ3) is 2.45. The number of ether oxygens (including phenoxy) is 1. The van der Waals surface area contributed by atoms with Crippen molar-refractivity contribution in [3.8, 4) is 0 Å². The summed E-state index contributed by atoms with van der Waals surface area (Å²) in [6.45, 7) is 4.66. The van der Waals surface area contributed by atoms with Crippen LogP contribution in [0.15, 0.2) is 24.5 Å². The summed E-state index contributed by atoms with van der Waals surface area (Å²) >= 11 is 0. The molecule has 0 saturated heterocycles. The smallest absolute Gasteiger partial charge is 0.355 e. The van der Waals surface area contributed by atoms with Gasteiger partial charge in [0.2, 0.25) is 0 Å². The Morgan fingerprint density at radius 1 is 1.39 bits per heavy atom. The van der Waals surface area contributed by atoms with Crippen molar-refractivity contribution in [1.29, 1.82) is 0 Å². The second-order valence-electron chi connectivity index (χ2n) is 4.18. The monoisotopic (exact) mass is 247 g/mol. The predicted octanol–water partition coefficient (Wildman–Crippen LogP) is 1.76. The van der Waals surface area contributed by atoms with E-state index in [2.05, 4.69) is 5.10 Å². The van der Waals surface area contributed by atoms with Crippen LogP contribution in [0, 0.1) is 6.92 Å². The van der Waals surface area contributed by atoms with Gasteiger partial charge in [-0.05, 0) is 31.5 Å². The van der Waals surface area contributed by atoms with Crippen LogP contribution in [0.2, 0.25) is 0 Å². The Morgan fingerprint density at radius 2 is 2.17 bits per heavy atom. The lowest BCUT2D eigenvalue weighted by atomic mass is 10.2. The summed E-state index contributed by atoms with van der Waals surface area (Å²) in [4.78, 5) is 11.9. The van der Waals surface area contributed by atoms with E-state index in [9.17, 15) is 4.79 Å². The zero-order valence-electron chi connectivity index (χ0n) is 10.9. The molecule has 2 rings (SSSR count). The lowest BCUT2D eigenvalue weighted by Gasteiger charge is -2.08. The highest BCUT2D eigenvalue weighted by Crippen LogP contribution is 2.13. The zero-order chi connectivity index (χ0) is 13.1. The highest BCUT2D eigenvalue weighted by molar-refractivity contribution is 5.89. The number of esters is 1. The molecule has 0 amide bonds. The van der Waals surface area contributed by atoms with Crippen LogP contribution in [-0.2, 0) is 18.3 Å². The molecule has 96 valence electrons. The molecule has 5 nitrogen and oxygen atoms in total. The Hall–Kier alpha value is -2.04. The van der Waals surface area contributed by atoms with Crippen molar-refractivity contribution in [1.82, 2.24) is 14.3 Å². The summed E-state index contributed by atoms with van der Waals surface area (Å²) in [5.74, 6) is -0.282. The molecule has 0 aliphatic heterocycles. The molecule has 0 aliphatic rings. The van der Waals surface area contributed by atoms with Crippen LogP contribution in [0.4, 0.5) is 0 Å². The fourth-order valence-electron chi connectivity index (χ4n) is 1.91. The molecule has 2 heterocycles. The zero-order valence-corrected chi connectivity index (χ0v) is 10.9. The van der Waals surface area contributed by atoms with E-state index in [4.69, 9.17) is 4.74 Å². The number of rotatable bonds is 4. The van der Waals surface area contributed by atoms with Gasteiger partial charge in [-0.2, -0.15) is 5.10 Å². The number of hydrogen-bond acceptors (Lipinski definition) is 3. The lowest BCUT2D eigenvalue weighted by molar-refractivity contribution is 0.0513. The minimum Gasteiger partial charge on any atom is -0.461 e. The van der Waals surface area contributed by atoms with Gasteiger partial charge in [-0.1, -0.05) is 0 Å². The normalized spacial score (nSPS) is 10.6. The predicted molar refractivity (Wildman–Crippen MR) is 67.4 cm³/mol. The molecule has 2 aromatic rings.